The second-order valence-corrected chi connectivity index (χ2v) is 6.29. The molecule has 0 saturated heterocycles. The summed E-state index contributed by atoms with van der Waals surface area (Å²) in [6.45, 7) is 4.32. The average Bonchev–Trinajstić information content (AvgIpc) is 2.74. The van der Waals surface area contributed by atoms with Crippen LogP contribution in [0.15, 0.2) is 5.16 Å². The molecule has 0 bridgehead atoms. The van der Waals surface area contributed by atoms with Crippen molar-refractivity contribution in [2.45, 2.75) is 45.6 Å². The van der Waals surface area contributed by atoms with Gasteiger partial charge < -0.3 is 13.9 Å². The highest BCUT2D eigenvalue weighted by molar-refractivity contribution is 7.72. The highest BCUT2D eigenvalue weighted by Gasteiger charge is 2.46. The van der Waals surface area contributed by atoms with Crippen LogP contribution in [0.1, 0.15) is 39.5 Å². The summed E-state index contributed by atoms with van der Waals surface area (Å²) in [6, 6.07) is 0. The van der Waals surface area contributed by atoms with Gasteiger partial charge in [-0.3, -0.25) is 4.57 Å². The topological polar surface area (TPSA) is 57.1 Å². The zero-order valence-electron chi connectivity index (χ0n) is 10.4. The highest BCUT2D eigenvalue weighted by atomic mass is 31.2. The Balaban J connectivity index is 2.16. The smallest absolute Gasteiger partial charge is 0.379 e. The lowest BCUT2D eigenvalue weighted by molar-refractivity contribution is 0.0397. The molecule has 1 fully saturated rings. The van der Waals surface area contributed by atoms with E-state index in [2.05, 4.69) is 5.16 Å². The fraction of sp³-hybridized carbons (Fsp3) is 0.909. The van der Waals surface area contributed by atoms with Gasteiger partial charge in [0.25, 0.3) is 0 Å². The van der Waals surface area contributed by atoms with Crippen LogP contribution in [0, 0.1) is 5.92 Å². The fourth-order valence-electron chi connectivity index (χ4n) is 2.47. The second kappa shape index (κ2) is 5.51. The Labute approximate surface area is 102 Å². The van der Waals surface area contributed by atoms with Crippen LogP contribution < -0.4 is 0 Å². The minimum absolute atomic E-state index is 0.0768. The van der Waals surface area contributed by atoms with Crippen molar-refractivity contribution in [3.8, 4) is 0 Å². The summed E-state index contributed by atoms with van der Waals surface area (Å²) in [5.74, 6) is 0.118. The van der Waals surface area contributed by atoms with Crippen molar-refractivity contribution in [2.24, 2.45) is 11.1 Å². The van der Waals surface area contributed by atoms with Crippen LogP contribution in [-0.4, -0.2) is 24.8 Å². The van der Waals surface area contributed by atoms with Crippen LogP contribution in [0.3, 0.4) is 0 Å². The monoisotopic (exact) mass is 261 g/mol. The van der Waals surface area contributed by atoms with Crippen molar-refractivity contribution in [2.75, 3.05) is 13.2 Å². The van der Waals surface area contributed by atoms with Gasteiger partial charge >= 0.3 is 7.60 Å². The van der Waals surface area contributed by atoms with Crippen molar-refractivity contribution >= 4 is 13.0 Å². The molecule has 17 heavy (non-hydrogen) atoms. The summed E-state index contributed by atoms with van der Waals surface area (Å²) in [5, 5.41) is 3.99. The first-order valence-corrected chi connectivity index (χ1v) is 7.89. The van der Waals surface area contributed by atoms with E-state index in [1.165, 1.54) is 0 Å². The maximum atomic E-state index is 12.6. The Morgan fingerprint density at radius 3 is 2.59 bits per heavy atom. The summed E-state index contributed by atoms with van der Waals surface area (Å²) in [6.07, 6.45) is 4.30. The van der Waals surface area contributed by atoms with E-state index in [1.807, 2.05) is 0 Å². The van der Waals surface area contributed by atoms with Gasteiger partial charge in [0.05, 0.1) is 19.1 Å². The van der Waals surface area contributed by atoms with Crippen molar-refractivity contribution in [1.29, 1.82) is 0 Å². The van der Waals surface area contributed by atoms with E-state index in [9.17, 15) is 4.57 Å². The number of fused-ring (bicyclic) bond motifs is 1. The first kappa shape index (κ1) is 13.1. The van der Waals surface area contributed by atoms with Gasteiger partial charge in [0.1, 0.15) is 6.10 Å². The van der Waals surface area contributed by atoms with Gasteiger partial charge in [0.2, 0.25) is 0 Å². The summed E-state index contributed by atoms with van der Waals surface area (Å²) >= 11 is 0. The molecule has 2 aliphatic rings. The van der Waals surface area contributed by atoms with E-state index in [4.69, 9.17) is 13.9 Å². The molecule has 0 aromatic heterocycles. The molecular formula is C11H20NO4P. The molecule has 0 aromatic rings. The molecule has 2 unspecified atom stereocenters. The van der Waals surface area contributed by atoms with Gasteiger partial charge in [-0.2, -0.15) is 0 Å². The number of nitrogens with zero attached hydrogens (tertiary/aromatic N) is 1. The molecule has 1 aliphatic heterocycles. The van der Waals surface area contributed by atoms with Gasteiger partial charge in [-0.15, -0.1) is 0 Å². The second-order valence-electron chi connectivity index (χ2n) is 4.32. The third-order valence-electron chi connectivity index (χ3n) is 3.19. The van der Waals surface area contributed by atoms with Gasteiger partial charge in [-0.05, 0) is 33.1 Å². The minimum atomic E-state index is -3.23. The number of hydrogen-bond donors (Lipinski definition) is 0. The lowest BCUT2D eigenvalue weighted by Crippen LogP contribution is -2.27. The fourth-order valence-corrected chi connectivity index (χ4v) is 4.34. The summed E-state index contributed by atoms with van der Waals surface area (Å²) < 4.78 is 23.3. The molecule has 0 aromatic carbocycles. The molecule has 0 N–H and O–H groups in total. The SMILES string of the molecule is CCOP(=O)(OCC)C1=NOC2CCCCC12. The maximum absolute atomic E-state index is 12.6. The first-order valence-electron chi connectivity index (χ1n) is 6.34. The van der Waals surface area contributed by atoms with Crippen LogP contribution in [0.2, 0.25) is 0 Å². The van der Waals surface area contributed by atoms with Gasteiger partial charge in [-0.25, -0.2) is 0 Å². The molecule has 6 heteroatoms. The normalized spacial score (nSPS) is 28.5. The Kier molecular flexibility index (Phi) is 4.23. The van der Waals surface area contributed by atoms with Crippen molar-refractivity contribution in [3.05, 3.63) is 0 Å². The van der Waals surface area contributed by atoms with Crippen molar-refractivity contribution in [3.63, 3.8) is 0 Å². The zero-order valence-corrected chi connectivity index (χ0v) is 11.3. The average molecular weight is 261 g/mol. The lowest BCUT2D eigenvalue weighted by atomic mass is 9.88. The Morgan fingerprint density at radius 1 is 1.29 bits per heavy atom. The van der Waals surface area contributed by atoms with E-state index in [-0.39, 0.29) is 12.0 Å². The van der Waals surface area contributed by atoms with Crippen LogP contribution in [0.5, 0.6) is 0 Å². The highest BCUT2D eigenvalue weighted by Crippen LogP contribution is 2.56. The molecular weight excluding hydrogens is 241 g/mol. The summed E-state index contributed by atoms with van der Waals surface area (Å²) in [4.78, 5) is 5.36. The minimum Gasteiger partial charge on any atom is -0.391 e. The molecule has 0 spiro atoms. The lowest BCUT2D eigenvalue weighted by Gasteiger charge is -2.25. The van der Waals surface area contributed by atoms with E-state index in [0.29, 0.717) is 18.7 Å². The molecule has 0 amide bonds. The molecule has 1 saturated carbocycles. The van der Waals surface area contributed by atoms with E-state index in [0.717, 1.165) is 25.7 Å². The first-order chi connectivity index (χ1) is 8.21. The quantitative estimate of drug-likeness (QED) is 0.713. The molecule has 2 rings (SSSR count). The van der Waals surface area contributed by atoms with Crippen LogP contribution in [0.25, 0.3) is 0 Å². The summed E-state index contributed by atoms with van der Waals surface area (Å²) in [7, 11) is -3.23. The van der Waals surface area contributed by atoms with Gasteiger partial charge in [-0.1, -0.05) is 11.6 Å². The molecule has 0 radical (unpaired) electrons. The number of rotatable bonds is 5. The Morgan fingerprint density at radius 2 is 1.94 bits per heavy atom. The van der Waals surface area contributed by atoms with E-state index < -0.39 is 7.60 Å². The Hall–Kier alpha value is -0.380. The third-order valence-corrected chi connectivity index (χ3v) is 5.37. The molecule has 98 valence electrons. The molecule has 2 atom stereocenters. The molecule has 1 aliphatic carbocycles. The molecule has 1 heterocycles. The largest absolute Gasteiger partial charge is 0.391 e. The van der Waals surface area contributed by atoms with Crippen LogP contribution in [-0.2, 0) is 18.5 Å². The third kappa shape index (κ3) is 2.56. The van der Waals surface area contributed by atoms with Gasteiger partial charge in [0.15, 0.2) is 5.45 Å². The number of hydrogen-bond acceptors (Lipinski definition) is 5. The zero-order chi connectivity index (χ0) is 12.3. The van der Waals surface area contributed by atoms with Crippen LogP contribution >= 0.6 is 7.60 Å². The predicted octanol–water partition coefficient (Wildman–Crippen LogP) is 3.16. The van der Waals surface area contributed by atoms with Crippen molar-refractivity contribution in [1.82, 2.24) is 0 Å². The standard InChI is InChI=1S/C11H20NO4P/c1-3-14-17(13,15-4-2)11-9-7-5-6-8-10(9)16-12-11/h9-10H,3-8H2,1-2H3. The molecule has 5 nitrogen and oxygen atoms in total. The van der Waals surface area contributed by atoms with E-state index >= 15 is 0 Å². The van der Waals surface area contributed by atoms with Gasteiger partial charge in [0, 0.05) is 0 Å². The number of oxime groups is 1. The summed E-state index contributed by atoms with van der Waals surface area (Å²) in [5.41, 5.74) is 0.505. The maximum Gasteiger partial charge on any atom is 0.379 e. The van der Waals surface area contributed by atoms with Crippen molar-refractivity contribution < 1.29 is 18.5 Å². The van der Waals surface area contributed by atoms with Crippen LogP contribution in [0.4, 0.5) is 0 Å². The van der Waals surface area contributed by atoms with E-state index in [1.54, 1.807) is 13.8 Å². The Bertz CT molecular complexity index is 334. The predicted molar refractivity (Wildman–Crippen MR) is 65.1 cm³/mol.